The van der Waals surface area contributed by atoms with Crippen molar-refractivity contribution in [2.24, 2.45) is 11.7 Å². The van der Waals surface area contributed by atoms with Crippen LogP contribution in [0, 0.1) is 26.7 Å². The van der Waals surface area contributed by atoms with Gasteiger partial charge in [-0.25, -0.2) is 0 Å². The summed E-state index contributed by atoms with van der Waals surface area (Å²) in [6.45, 7) is 11.3. The van der Waals surface area contributed by atoms with Gasteiger partial charge in [0.2, 0.25) is 0 Å². The first-order chi connectivity index (χ1) is 7.91. The highest BCUT2D eigenvalue weighted by Crippen LogP contribution is 2.24. The Morgan fingerprint density at radius 2 is 1.65 bits per heavy atom. The molecule has 0 aliphatic carbocycles. The van der Waals surface area contributed by atoms with E-state index in [0.29, 0.717) is 12.5 Å². The first-order valence-corrected chi connectivity index (χ1v) is 6.38. The molecule has 0 spiro atoms. The van der Waals surface area contributed by atoms with Gasteiger partial charge in [-0.2, -0.15) is 0 Å². The van der Waals surface area contributed by atoms with Crippen LogP contribution in [0.2, 0.25) is 0 Å². The fourth-order valence-electron chi connectivity index (χ4n) is 2.02. The van der Waals surface area contributed by atoms with Crippen molar-refractivity contribution in [3.8, 4) is 5.75 Å². The minimum Gasteiger partial charge on any atom is -0.493 e. The lowest BCUT2D eigenvalue weighted by molar-refractivity contribution is 0.279. The van der Waals surface area contributed by atoms with Crippen LogP contribution in [0.4, 0.5) is 0 Å². The van der Waals surface area contributed by atoms with Crippen molar-refractivity contribution >= 4 is 0 Å². The van der Waals surface area contributed by atoms with E-state index < -0.39 is 0 Å². The monoisotopic (exact) mass is 235 g/mol. The van der Waals surface area contributed by atoms with E-state index in [2.05, 4.69) is 46.8 Å². The Hall–Kier alpha value is -1.02. The molecular formula is C15H25NO. The highest BCUT2D eigenvalue weighted by atomic mass is 16.5. The van der Waals surface area contributed by atoms with Gasteiger partial charge in [0.15, 0.2) is 0 Å². The molecule has 2 nitrogen and oxygen atoms in total. The van der Waals surface area contributed by atoms with Gasteiger partial charge in [-0.05, 0) is 44.2 Å². The lowest BCUT2D eigenvalue weighted by Crippen LogP contribution is -2.28. The van der Waals surface area contributed by atoms with Crippen molar-refractivity contribution in [3.05, 3.63) is 28.8 Å². The molecule has 1 aromatic rings. The first kappa shape index (κ1) is 14.0. The minimum atomic E-state index is 0.223. The van der Waals surface area contributed by atoms with Crippen LogP contribution in [0.3, 0.4) is 0 Å². The van der Waals surface area contributed by atoms with Gasteiger partial charge >= 0.3 is 0 Å². The van der Waals surface area contributed by atoms with Crippen molar-refractivity contribution in [1.82, 2.24) is 0 Å². The molecule has 0 bridgehead atoms. The van der Waals surface area contributed by atoms with Gasteiger partial charge in [-0.1, -0.05) is 31.5 Å². The van der Waals surface area contributed by atoms with Gasteiger partial charge < -0.3 is 10.5 Å². The van der Waals surface area contributed by atoms with Gasteiger partial charge in [-0.15, -0.1) is 0 Å². The highest BCUT2D eigenvalue weighted by molar-refractivity contribution is 5.42. The predicted molar refractivity (Wildman–Crippen MR) is 73.6 cm³/mol. The van der Waals surface area contributed by atoms with Crippen molar-refractivity contribution in [1.29, 1.82) is 0 Å². The zero-order chi connectivity index (χ0) is 13.0. The van der Waals surface area contributed by atoms with Crippen LogP contribution in [0.25, 0.3) is 0 Å². The maximum Gasteiger partial charge on any atom is 0.125 e. The fourth-order valence-corrected chi connectivity index (χ4v) is 2.02. The Bertz CT molecular complexity index is 348. The third-order valence-electron chi connectivity index (χ3n) is 3.16. The molecule has 17 heavy (non-hydrogen) atoms. The number of hydrogen-bond donors (Lipinski definition) is 1. The third-order valence-corrected chi connectivity index (χ3v) is 3.16. The van der Waals surface area contributed by atoms with E-state index in [0.717, 1.165) is 12.2 Å². The van der Waals surface area contributed by atoms with Crippen LogP contribution in [0.1, 0.15) is 37.0 Å². The van der Waals surface area contributed by atoms with Crippen LogP contribution in [-0.4, -0.2) is 12.6 Å². The zero-order valence-electron chi connectivity index (χ0n) is 11.7. The number of rotatable bonds is 5. The van der Waals surface area contributed by atoms with Crippen molar-refractivity contribution in [2.45, 2.75) is 47.1 Å². The molecule has 0 saturated carbocycles. The third kappa shape index (κ3) is 4.04. The zero-order valence-corrected chi connectivity index (χ0v) is 11.7. The molecule has 0 heterocycles. The molecule has 0 saturated heterocycles. The predicted octanol–water partition coefficient (Wildman–Crippen LogP) is 3.36. The number of nitrogens with two attached hydrogens (primary N) is 1. The Morgan fingerprint density at radius 1 is 1.12 bits per heavy atom. The molecule has 1 aromatic carbocycles. The number of hydrogen-bond acceptors (Lipinski definition) is 2. The average Bonchev–Trinajstić information content (AvgIpc) is 2.21. The molecule has 1 unspecified atom stereocenters. The van der Waals surface area contributed by atoms with Crippen LogP contribution in [0.15, 0.2) is 12.1 Å². The molecule has 1 rings (SSSR count). The Balaban J connectivity index is 2.58. The summed E-state index contributed by atoms with van der Waals surface area (Å²) >= 11 is 0. The topological polar surface area (TPSA) is 35.2 Å². The molecule has 0 aliphatic rings. The molecule has 0 aromatic heterocycles. The fraction of sp³-hybridized carbons (Fsp3) is 0.600. The lowest BCUT2D eigenvalue weighted by atomic mass is 10.0. The van der Waals surface area contributed by atoms with E-state index in [1.807, 2.05) is 0 Å². The maximum atomic E-state index is 6.00. The summed E-state index contributed by atoms with van der Waals surface area (Å²) in [5, 5.41) is 0. The van der Waals surface area contributed by atoms with Gasteiger partial charge in [0, 0.05) is 6.04 Å². The number of benzene rings is 1. The van der Waals surface area contributed by atoms with Gasteiger partial charge in [0.05, 0.1) is 6.61 Å². The summed E-state index contributed by atoms with van der Waals surface area (Å²) in [5.41, 5.74) is 9.70. The van der Waals surface area contributed by atoms with Gasteiger partial charge in [-0.3, -0.25) is 0 Å². The minimum absolute atomic E-state index is 0.223. The molecule has 1 atom stereocenters. The van der Waals surface area contributed by atoms with E-state index in [9.17, 15) is 0 Å². The molecule has 0 amide bonds. The van der Waals surface area contributed by atoms with E-state index in [-0.39, 0.29) is 6.04 Å². The maximum absolute atomic E-state index is 6.00. The molecule has 0 aliphatic heterocycles. The van der Waals surface area contributed by atoms with Crippen LogP contribution < -0.4 is 10.5 Å². The molecular weight excluding hydrogens is 210 g/mol. The van der Waals surface area contributed by atoms with Crippen LogP contribution >= 0.6 is 0 Å². The van der Waals surface area contributed by atoms with E-state index in [1.54, 1.807) is 0 Å². The largest absolute Gasteiger partial charge is 0.493 e. The summed E-state index contributed by atoms with van der Waals surface area (Å²) in [6.07, 6.45) is 0.907. The van der Waals surface area contributed by atoms with Crippen molar-refractivity contribution in [3.63, 3.8) is 0 Å². The SMILES string of the molecule is Cc1cc(C)c(OCCC(N)C(C)C)c(C)c1. The van der Waals surface area contributed by atoms with Crippen molar-refractivity contribution < 1.29 is 4.74 Å². The Morgan fingerprint density at radius 3 is 2.12 bits per heavy atom. The average molecular weight is 235 g/mol. The quantitative estimate of drug-likeness (QED) is 0.849. The van der Waals surface area contributed by atoms with Crippen LogP contribution in [0.5, 0.6) is 5.75 Å². The standard InChI is InChI=1S/C15H25NO/c1-10(2)14(16)6-7-17-15-12(4)8-11(3)9-13(15)5/h8-10,14H,6-7,16H2,1-5H3. The van der Waals surface area contributed by atoms with Crippen molar-refractivity contribution in [2.75, 3.05) is 6.61 Å². The molecule has 0 radical (unpaired) electrons. The summed E-state index contributed by atoms with van der Waals surface area (Å²) < 4.78 is 5.86. The Kier molecular flexibility index (Phi) is 5.01. The first-order valence-electron chi connectivity index (χ1n) is 6.38. The highest BCUT2D eigenvalue weighted by Gasteiger charge is 2.09. The van der Waals surface area contributed by atoms with E-state index in [4.69, 9.17) is 10.5 Å². The second-order valence-electron chi connectivity index (χ2n) is 5.27. The van der Waals surface area contributed by atoms with E-state index in [1.165, 1.54) is 16.7 Å². The summed E-state index contributed by atoms with van der Waals surface area (Å²) in [4.78, 5) is 0. The van der Waals surface area contributed by atoms with Gasteiger partial charge in [0.1, 0.15) is 5.75 Å². The summed E-state index contributed by atoms with van der Waals surface area (Å²) in [5.74, 6) is 1.53. The molecule has 96 valence electrons. The normalized spacial score (nSPS) is 12.9. The molecule has 0 fully saturated rings. The molecule has 2 N–H and O–H groups in total. The Labute approximate surface area is 105 Å². The number of ether oxygens (including phenoxy) is 1. The number of aryl methyl sites for hydroxylation is 3. The van der Waals surface area contributed by atoms with E-state index >= 15 is 0 Å². The second-order valence-corrected chi connectivity index (χ2v) is 5.27. The van der Waals surface area contributed by atoms with Gasteiger partial charge in [0.25, 0.3) is 0 Å². The smallest absolute Gasteiger partial charge is 0.125 e. The summed E-state index contributed by atoms with van der Waals surface area (Å²) in [7, 11) is 0. The van der Waals surface area contributed by atoms with Crippen LogP contribution in [-0.2, 0) is 0 Å². The lowest BCUT2D eigenvalue weighted by Gasteiger charge is -2.17. The summed E-state index contributed by atoms with van der Waals surface area (Å²) in [6, 6.07) is 4.54. The molecule has 2 heteroatoms. The second kappa shape index (κ2) is 6.06.